The Morgan fingerprint density at radius 3 is 2.79 bits per heavy atom. The van der Waals surface area contributed by atoms with E-state index in [9.17, 15) is 8.42 Å². The van der Waals surface area contributed by atoms with Crippen molar-refractivity contribution in [3.05, 3.63) is 28.2 Å². The van der Waals surface area contributed by atoms with Crippen molar-refractivity contribution in [2.24, 2.45) is 0 Å². The Morgan fingerprint density at radius 2 is 2.29 bits per heavy atom. The lowest BCUT2D eigenvalue weighted by molar-refractivity contribution is 0.597. The quantitative estimate of drug-likeness (QED) is 0.744. The smallest absolute Gasteiger partial charge is 0.159 e. The second kappa shape index (κ2) is 4.70. The highest BCUT2D eigenvalue weighted by molar-refractivity contribution is 7.90. The molecule has 1 heterocycles. The van der Waals surface area contributed by atoms with E-state index in [1.807, 2.05) is 13.8 Å². The second-order valence-electron chi connectivity index (χ2n) is 2.98. The molecule has 0 N–H and O–H groups in total. The number of aryl methyl sites for hydroxylation is 1. The number of hydrogen-bond acceptors (Lipinski definition) is 4. The first-order valence-corrected chi connectivity index (χ1v) is 6.96. The Kier molecular flexibility index (Phi) is 3.83. The molecule has 3 nitrogen and oxygen atoms in total. The molecule has 0 aromatic carbocycles. The summed E-state index contributed by atoms with van der Waals surface area (Å²) in [6.07, 6.45) is 3.39. The molecule has 5 heteroatoms. The van der Waals surface area contributed by atoms with Gasteiger partial charge in [0.25, 0.3) is 0 Å². The largest absolute Gasteiger partial charge is 0.246 e. The minimum atomic E-state index is -3.03. The van der Waals surface area contributed by atoms with Crippen molar-refractivity contribution in [3.63, 3.8) is 0 Å². The van der Waals surface area contributed by atoms with Gasteiger partial charge in [0, 0.05) is 5.38 Å². The topological polar surface area (TPSA) is 47.0 Å². The molecule has 1 rings (SSSR count). The van der Waals surface area contributed by atoms with Crippen LogP contribution in [0.4, 0.5) is 0 Å². The van der Waals surface area contributed by atoms with Gasteiger partial charge in [-0.25, -0.2) is 13.4 Å². The number of nitrogens with zero attached hydrogens (tertiary/aromatic N) is 1. The summed E-state index contributed by atoms with van der Waals surface area (Å²) in [6.45, 7) is 3.68. The molecule has 1 aromatic heterocycles. The first kappa shape index (κ1) is 11.4. The van der Waals surface area contributed by atoms with Crippen LogP contribution in [0.15, 0.2) is 17.5 Å². The molecular formula is C9H13NO2S2. The summed E-state index contributed by atoms with van der Waals surface area (Å²) in [5.41, 5.74) is 0.650. The van der Waals surface area contributed by atoms with Crippen molar-refractivity contribution in [2.45, 2.75) is 19.6 Å². The van der Waals surface area contributed by atoms with Crippen LogP contribution in [-0.4, -0.2) is 19.2 Å². The van der Waals surface area contributed by atoms with E-state index in [2.05, 4.69) is 4.98 Å². The fourth-order valence-electron chi connectivity index (χ4n) is 1.00. The molecule has 78 valence electrons. The highest BCUT2D eigenvalue weighted by Crippen LogP contribution is 2.11. The van der Waals surface area contributed by atoms with Crippen LogP contribution in [0.3, 0.4) is 0 Å². The van der Waals surface area contributed by atoms with Crippen LogP contribution in [-0.2, 0) is 15.6 Å². The van der Waals surface area contributed by atoms with E-state index in [1.165, 1.54) is 11.3 Å². The molecule has 0 aliphatic rings. The molecule has 0 spiro atoms. The highest BCUT2D eigenvalue weighted by atomic mass is 32.2. The second-order valence-corrected chi connectivity index (χ2v) is 6.15. The van der Waals surface area contributed by atoms with Gasteiger partial charge in [0.2, 0.25) is 0 Å². The molecule has 1 aromatic rings. The maximum atomic E-state index is 11.5. The third-order valence-corrected chi connectivity index (χ3v) is 3.88. The first-order chi connectivity index (χ1) is 6.53. The predicted molar refractivity (Wildman–Crippen MR) is 59.2 cm³/mol. The van der Waals surface area contributed by atoms with Gasteiger partial charge in [-0.3, -0.25) is 0 Å². The molecule has 0 radical (unpaired) electrons. The summed E-state index contributed by atoms with van der Waals surface area (Å²) < 4.78 is 23.0. The van der Waals surface area contributed by atoms with Gasteiger partial charge in [-0.05, 0) is 13.8 Å². The molecule has 0 aliphatic carbocycles. The van der Waals surface area contributed by atoms with Gasteiger partial charge in [0.15, 0.2) is 9.84 Å². The molecular weight excluding hydrogens is 218 g/mol. The Labute approximate surface area is 88.4 Å². The van der Waals surface area contributed by atoms with Crippen LogP contribution in [0.5, 0.6) is 0 Å². The summed E-state index contributed by atoms with van der Waals surface area (Å²) in [5.74, 6) is 0.141. The lowest BCUT2D eigenvalue weighted by Crippen LogP contribution is -2.07. The van der Waals surface area contributed by atoms with Crippen LogP contribution in [0.2, 0.25) is 0 Å². The summed E-state index contributed by atoms with van der Waals surface area (Å²) in [4.78, 5) is 4.12. The summed E-state index contributed by atoms with van der Waals surface area (Å²) >= 11 is 1.48. The van der Waals surface area contributed by atoms with Gasteiger partial charge in [-0.1, -0.05) is 12.2 Å². The lowest BCUT2D eigenvalue weighted by atomic mass is 10.6. The Balaban J connectivity index is 2.68. The van der Waals surface area contributed by atoms with Gasteiger partial charge in [-0.15, -0.1) is 11.3 Å². The van der Waals surface area contributed by atoms with E-state index >= 15 is 0 Å². The first-order valence-electron chi connectivity index (χ1n) is 4.26. The molecule has 0 fully saturated rings. The van der Waals surface area contributed by atoms with E-state index in [1.54, 1.807) is 17.5 Å². The maximum absolute atomic E-state index is 11.5. The molecule has 0 saturated carbocycles. The van der Waals surface area contributed by atoms with Crippen molar-refractivity contribution in [2.75, 3.05) is 5.75 Å². The predicted octanol–water partition coefficient (Wildman–Crippen LogP) is 1.94. The third-order valence-electron chi connectivity index (χ3n) is 1.62. The SMILES string of the molecule is C/C=C\CS(=O)(=O)Cc1csc(C)n1. The Morgan fingerprint density at radius 1 is 1.57 bits per heavy atom. The third kappa shape index (κ3) is 3.59. The van der Waals surface area contributed by atoms with Crippen LogP contribution in [0.25, 0.3) is 0 Å². The molecule has 0 atom stereocenters. The monoisotopic (exact) mass is 231 g/mol. The molecule has 0 unspecified atom stereocenters. The fraction of sp³-hybridized carbons (Fsp3) is 0.444. The van der Waals surface area contributed by atoms with Gasteiger partial charge in [-0.2, -0.15) is 0 Å². The molecule has 14 heavy (non-hydrogen) atoms. The standard InChI is InChI=1S/C9H13NO2S2/c1-3-4-5-14(11,12)7-9-6-13-8(2)10-9/h3-4,6H,5,7H2,1-2H3/b4-3-. The number of aromatic nitrogens is 1. The minimum Gasteiger partial charge on any atom is -0.246 e. The molecule has 0 bridgehead atoms. The molecule has 0 amide bonds. The van der Waals surface area contributed by atoms with Gasteiger partial charge in [0.1, 0.15) is 0 Å². The fourth-order valence-corrected chi connectivity index (χ4v) is 2.92. The zero-order chi connectivity index (χ0) is 10.6. The van der Waals surface area contributed by atoms with Gasteiger partial charge in [0.05, 0.1) is 22.2 Å². The summed E-state index contributed by atoms with van der Waals surface area (Å²) in [5, 5.41) is 2.70. The molecule has 0 saturated heterocycles. The van der Waals surface area contributed by atoms with E-state index < -0.39 is 9.84 Å². The van der Waals surface area contributed by atoms with E-state index in [0.29, 0.717) is 5.69 Å². The lowest BCUT2D eigenvalue weighted by Gasteiger charge is -1.97. The zero-order valence-electron chi connectivity index (χ0n) is 8.23. The Bertz CT molecular complexity index is 418. The summed E-state index contributed by atoms with van der Waals surface area (Å²) in [6, 6.07) is 0. The van der Waals surface area contributed by atoms with Crippen molar-refractivity contribution in [3.8, 4) is 0 Å². The Hall–Kier alpha value is -0.680. The van der Waals surface area contributed by atoms with Crippen molar-refractivity contribution in [1.82, 2.24) is 4.98 Å². The number of sulfone groups is 1. The van der Waals surface area contributed by atoms with E-state index in [4.69, 9.17) is 0 Å². The maximum Gasteiger partial charge on any atom is 0.159 e. The van der Waals surface area contributed by atoms with E-state index in [-0.39, 0.29) is 11.5 Å². The van der Waals surface area contributed by atoms with E-state index in [0.717, 1.165) is 5.01 Å². The van der Waals surface area contributed by atoms with Gasteiger partial charge < -0.3 is 0 Å². The van der Waals surface area contributed by atoms with Crippen LogP contribution < -0.4 is 0 Å². The average Bonchev–Trinajstić information content (AvgIpc) is 2.47. The van der Waals surface area contributed by atoms with Crippen molar-refractivity contribution >= 4 is 21.2 Å². The normalized spacial score (nSPS) is 12.4. The van der Waals surface area contributed by atoms with Crippen LogP contribution >= 0.6 is 11.3 Å². The number of rotatable bonds is 4. The number of allylic oxidation sites excluding steroid dienone is 1. The van der Waals surface area contributed by atoms with Gasteiger partial charge >= 0.3 is 0 Å². The number of thiazole rings is 1. The minimum absolute atomic E-state index is 0.0433. The highest BCUT2D eigenvalue weighted by Gasteiger charge is 2.11. The van der Waals surface area contributed by atoms with Crippen molar-refractivity contribution < 1.29 is 8.42 Å². The van der Waals surface area contributed by atoms with Crippen LogP contribution in [0, 0.1) is 6.92 Å². The zero-order valence-corrected chi connectivity index (χ0v) is 9.86. The van der Waals surface area contributed by atoms with Crippen molar-refractivity contribution in [1.29, 1.82) is 0 Å². The summed E-state index contributed by atoms with van der Waals surface area (Å²) in [7, 11) is -3.03. The average molecular weight is 231 g/mol. The molecule has 0 aliphatic heterocycles. The van der Waals surface area contributed by atoms with Crippen LogP contribution in [0.1, 0.15) is 17.6 Å². The number of hydrogen-bond donors (Lipinski definition) is 0.